The van der Waals surface area contributed by atoms with Gasteiger partial charge in [-0.1, -0.05) is 24.3 Å². The van der Waals surface area contributed by atoms with Crippen LogP contribution in [0.4, 0.5) is 0 Å². The Bertz CT molecular complexity index is 820. The molecule has 29 heavy (non-hydrogen) atoms. The van der Waals surface area contributed by atoms with Gasteiger partial charge in [-0.25, -0.2) is 0 Å². The molecule has 0 spiro atoms. The van der Waals surface area contributed by atoms with Crippen molar-refractivity contribution in [1.82, 2.24) is 10.2 Å². The maximum atomic E-state index is 12.7. The zero-order valence-corrected chi connectivity index (χ0v) is 16.9. The Morgan fingerprint density at radius 1 is 1.03 bits per heavy atom. The molecule has 2 aliphatic rings. The highest BCUT2D eigenvalue weighted by atomic mass is 16.3. The molecule has 0 aliphatic carbocycles. The number of likely N-dealkylation sites (tertiary alicyclic amines) is 2. The maximum Gasteiger partial charge on any atom is 0.289 e. The highest BCUT2D eigenvalue weighted by Crippen LogP contribution is 2.20. The maximum absolute atomic E-state index is 12.7. The van der Waals surface area contributed by atoms with Crippen LogP contribution in [0.25, 0.3) is 0 Å². The van der Waals surface area contributed by atoms with Crippen molar-refractivity contribution in [2.24, 2.45) is 5.92 Å². The van der Waals surface area contributed by atoms with Crippen LogP contribution in [0.3, 0.4) is 0 Å². The summed E-state index contributed by atoms with van der Waals surface area (Å²) in [6.45, 7) is 5.29. The Hall–Kier alpha value is -2.60. The van der Waals surface area contributed by atoms with Crippen LogP contribution < -0.4 is 10.2 Å². The molecule has 0 atom stereocenters. The van der Waals surface area contributed by atoms with Gasteiger partial charge in [0.05, 0.1) is 19.4 Å². The molecule has 2 amide bonds. The SMILES string of the molecule is O=C(NCc1ccccc1C[NH+]1CCCC1)C1CCN(C(=O)c2ccco2)CC1. The summed E-state index contributed by atoms with van der Waals surface area (Å²) in [5.41, 5.74) is 2.55. The fourth-order valence-corrected chi connectivity index (χ4v) is 4.45. The Kier molecular flexibility index (Phi) is 6.30. The summed E-state index contributed by atoms with van der Waals surface area (Å²) in [7, 11) is 0. The zero-order valence-electron chi connectivity index (χ0n) is 16.9. The first kappa shape index (κ1) is 19.7. The third kappa shape index (κ3) is 4.88. The van der Waals surface area contributed by atoms with Crippen LogP contribution in [0.1, 0.15) is 47.4 Å². The van der Waals surface area contributed by atoms with E-state index in [1.54, 1.807) is 21.9 Å². The molecule has 2 fully saturated rings. The third-order valence-corrected chi connectivity index (χ3v) is 6.21. The number of furan rings is 1. The fraction of sp³-hybridized carbons (Fsp3) is 0.478. The van der Waals surface area contributed by atoms with Crippen molar-refractivity contribution in [3.05, 3.63) is 59.5 Å². The van der Waals surface area contributed by atoms with E-state index in [0.717, 1.165) is 6.54 Å². The molecule has 6 nitrogen and oxygen atoms in total. The van der Waals surface area contributed by atoms with E-state index in [-0.39, 0.29) is 17.7 Å². The smallest absolute Gasteiger partial charge is 0.289 e. The summed E-state index contributed by atoms with van der Waals surface area (Å²) < 4.78 is 5.20. The number of nitrogens with zero attached hydrogens (tertiary/aromatic N) is 1. The molecule has 2 N–H and O–H groups in total. The van der Waals surface area contributed by atoms with Crippen molar-refractivity contribution in [3.8, 4) is 0 Å². The van der Waals surface area contributed by atoms with E-state index in [1.807, 2.05) is 6.07 Å². The Morgan fingerprint density at radius 3 is 2.45 bits per heavy atom. The van der Waals surface area contributed by atoms with Crippen molar-refractivity contribution < 1.29 is 18.9 Å². The predicted molar refractivity (Wildman–Crippen MR) is 109 cm³/mol. The van der Waals surface area contributed by atoms with Crippen LogP contribution in [0, 0.1) is 5.92 Å². The molecule has 2 saturated heterocycles. The second kappa shape index (κ2) is 9.27. The molecule has 154 valence electrons. The quantitative estimate of drug-likeness (QED) is 0.780. The average molecular weight is 397 g/mol. The van der Waals surface area contributed by atoms with Crippen LogP contribution in [-0.4, -0.2) is 42.9 Å². The van der Waals surface area contributed by atoms with E-state index in [4.69, 9.17) is 4.42 Å². The minimum absolute atomic E-state index is 0.0352. The number of piperidine rings is 1. The lowest BCUT2D eigenvalue weighted by molar-refractivity contribution is -0.901. The van der Waals surface area contributed by atoms with Gasteiger partial charge in [0.25, 0.3) is 5.91 Å². The van der Waals surface area contributed by atoms with Gasteiger partial charge in [0.15, 0.2) is 5.76 Å². The first-order valence-electron chi connectivity index (χ1n) is 10.7. The minimum atomic E-state index is -0.0906. The molecular formula is C23H30N3O3+. The molecule has 2 aromatic rings. The van der Waals surface area contributed by atoms with E-state index in [9.17, 15) is 9.59 Å². The van der Waals surface area contributed by atoms with Crippen molar-refractivity contribution >= 4 is 11.8 Å². The largest absolute Gasteiger partial charge is 0.459 e. The number of carbonyl (C=O) groups excluding carboxylic acids is 2. The number of nitrogens with one attached hydrogen (secondary N) is 2. The van der Waals surface area contributed by atoms with Crippen LogP contribution in [0.5, 0.6) is 0 Å². The van der Waals surface area contributed by atoms with E-state index in [1.165, 1.54) is 43.3 Å². The lowest BCUT2D eigenvalue weighted by Gasteiger charge is -2.30. The van der Waals surface area contributed by atoms with Crippen LogP contribution >= 0.6 is 0 Å². The van der Waals surface area contributed by atoms with Crippen LogP contribution in [0.15, 0.2) is 47.1 Å². The zero-order chi connectivity index (χ0) is 20.1. The van der Waals surface area contributed by atoms with Gasteiger partial charge in [0.1, 0.15) is 6.54 Å². The van der Waals surface area contributed by atoms with Gasteiger partial charge in [-0.3, -0.25) is 9.59 Å². The van der Waals surface area contributed by atoms with Gasteiger partial charge in [-0.05, 0) is 30.5 Å². The van der Waals surface area contributed by atoms with Crippen molar-refractivity contribution in [1.29, 1.82) is 0 Å². The lowest BCUT2D eigenvalue weighted by atomic mass is 9.95. The number of hydrogen-bond acceptors (Lipinski definition) is 3. The molecule has 1 aromatic heterocycles. The molecule has 0 bridgehead atoms. The van der Waals surface area contributed by atoms with Crippen LogP contribution in [0.2, 0.25) is 0 Å². The number of rotatable bonds is 6. The van der Waals surface area contributed by atoms with Gasteiger partial charge in [0.2, 0.25) is 5.91 Å². The summed E-state index contributed by atoms with van der Waals surface area (Å²) in [4.78, 5) is 28.5. The molecule has 0 saturated carbocycles. The highest BCUT2D eigenvalue weighted by molar-refractivity contribution is 5.91. The van der Waals surface area contributed by atoms with E-state index >= 15 is 0 Å². The third-order valence-electron chi connectivity index (χ3n) is 6.21. The second-order valence-electron chi connectivity index (χ2n) is 8.16. The number of carbonyl (C=O) groups is 2. The summed E-state index contributed by atoms with van der Waals surface area (Å²) in [5, 5.41) is 3.14. The topological polar surface area (TPSA) is 67.0 Å². The molecule has 1 aromatic carbocycles. The number of benzene rings is 1. The molecule has 2 aliphatic heterocycles. The Morgan fingerprint density at radius 2 is 1.76 bits per heavy atom. The molecular weight excluding hydrogens is 366 g/mol. The Balaban J connectivity index is 1.27. The summed E-state index contributed by atoms with van der Waals surface area (Å²) in [6, 6.07) is 11.8. The summed E-state index contributed by atoms with van der Waals surface area (Å²) in [6.07, 6.45) is 5.52. The van der Waals surface area contributed by atoms with E-state index in [0.29, 0.717) is 38.2 Å². The normalized spacial score (nSPS) is 18.1. The molecule has 0 radical (unpaired) electrons. The van der Waals surface area contributed by atoms with E-state index < -0.39 is 0 Å². The average Bonchev–Trinajstić information content (AvgIpc) is 3.47. The van der Waals surface area contributed by atoms with Crippen molar-refractivity contribution in [2.45, 2.75) is 38.8 Å². The number of amides is 2. The summed E-state index contributed by atoms with van der Waals surface area (Å²) in [5.74, 6) is 0.335. The first-order valence-corrected chi connectivity index (χ1v) is 10.7. The standard InChI is InChI=1S/C23H29N3O3/c27-22(18-9-13-26(14-10-18)23(28)21-8-5-15-29-21)24-16-19-6-1-2-7-20(19)17-25-11-3-4-12-25/h1-2,5-8,15,18H,3-4,9-14,16-17H2,(H,24,27)/p+1. The monoisotopic (exact) mass is 396 g/mol. The van der Waals surface area contributed by atoms with Gasteiger partial charge >= 0.3 is 0 Å². The van der Waals surface area contributed by atoms with Gasteiger partial charge in [-0.2, -0.15) is 0 Å². The first-order chi connectivity index (χ1) is 14.2. The molecule has 4 rings (SSSR count). The van der Waals surface area contributed by atoms with Crippen molar-refractivity contribution in [3.63, 3.8) is 0 Å². The second-order valence-corrected chi connectivity index (χ2v) is 8.16. The number of quaternary nitrogens is 1. The highest BCUT2D eigenvalue weighted by Gasteiger charge is 2.28. The fourth-order valence-electron chi connectivity index (χ4n) is 4.45. The van der Waals surface area contributed by atoms with Gasteiger partial charge in [-0.15, -0.1) is 0 Å². The van der Waals surface area contributed by atoms with E-state index in [2.05, 4.69) is 23.5 Å². The minimum Gasteiger partial charge on any atom is -0.459 e. The molecule has 6 heteroatoms. The Labute approximate surface area is 171 Å². The molecule has 0 unspecified atom stereocenters. The lowest BCUT2D eigenvalue weighted by Crippen LogP contribution is -3.08. The molecule has 3 heterocycles. The predicted octanol–water partition coefficient (Wildman–Crippen LogP) is 1.63. The van der Waals surface area contributed by atoms with Crippen molar-refractivity contribution in [2.75, 3.05) is 26.2 Å². The number of hydrogen-bond donors (Lipinski definition) is 2. The van der Waals surface area contributed by atoms with Gasteiger partial charge in [0, 0.05) is 44.0 Å². The van der Waals surface area contributed by atoms with Crippen LogP contribution in [-0.2, 0) is 17.9 Å². The summed E-state index contributed by atoms with van der Waals surface area (Å²) >= 11 is 0. The van der Waals surface area contributed by atoms with Gasteiger partial charge < -0.3 is 19.5 Å².